The van der Waals surface area contributed by atoms with Crippen LogP contribution in [-0.2, 0) is 6.54 Å². The maximum absolute atomic E-state index is 9.62. The van der Waals surface area contributed by atoms with E-state index in [4.69, 9.17) is 5.11 Å². The van der Waals surface area contributed by atoms with Crippen LogP contribution in [0.25, 0.3) is 0 Å². The molecule has 4 nitrogen and oxygen atoms in total. The minimum Gasteiger partial charge on any atom is -0.508 e. The molecule has 1 aromatic carbocycles. The van der Waals surface area contributed by atoms with Gasteiger partial charge in [0.15, 0.2) is 0 Å². The number of nitrogens with zero attached hydrogens (tertiary/aromatic N) is 2. The van der Waals surface area contributed by atoms with Crippen LogP contribution in [0.5, 0.6) is 11.5 Å². The summed E-state index contributed by atoms with van der Waals surface area (Å²) in [6.07, 6.45) is 0. The van der Waals surface area contributed by atoms with Crippen molar-refractivity contribution in [3.05, 3.63) is 23.8 Å². The summed E-state index contributed by atoms with van der Waals surface area (Å²) in [4.78, 5) is 4.25. The first-order valence-corrected chi connectivity index (χ1v) is 5.33. The second-order valence-corrected chi connectivity index (χ2v) is 4.35. The Kier molecular flexibility index (Phi) is 4.58. The molecule has 0 amide bonds. The van der Waals surface area contributed by atoms with E-state index >= 15 is 0 Å². The highest BCUT2D eigenvalue weighted by atomic mass is 16.3. The van der Waals surface area contributed by atoms with Gasteiger partial charge in [0.05, 0.1) is 0 Å². The zero-order chi connectivity index (χ0) is 12.1. The van der Waals surface area contributed by atoms with Crippen molar-refractivity contribution in [3.8, 4) is 11.5 Å². The average Bonchev–Trinajstić information content (AvgIpc) is 2.19. The molecule has 0 aliphatic rings. The largest absolute Gasteiger partial charge is 0.508 e. The summed E-state index contributed by atoms with van der Waals surface area (Å²) in [5.41, 5.74) is 0.832. The maximum atomic E-state index is 9.62. The van der Waals surface area contributed by atoms with Crippen LogP contribution >= 0.6 is 0 Å². The number of phenolic OH excluding ortho intramolecular Hbond substituents is 2. The second kappa shape index (κ2) is 5.72. The molecule has 4 heteroatoms. The van der Waals surface area contributed by atoms with Gasteiger partial charge < -0.3 is 20.0 Å². The lowest BCUT2D eigenvalue weighted by atomic mass is 10.2. The van der Waals surface area contributed by atoms with Crippen molar-refractivity contribution in [3.63, 3.8) is 0 Å². The van der Waals surface area contributed by atoms with Gasteiger partial charge in [0.1, 0.15) is 11.5 Å². The number of benzene rings is 1. The summed E-state index contributed by atoms with van der Waals surface area (Å²) in [6, 6.07) is 4.71. The van der Waals surface area contributed by atoms with E-state index in [0.29, 0.717) is 6.54 Å². The normalized spacial score (nSPS) is 11.3. The van der Waals surface area contributed by atoms with Gasteiger partial charge >= 0.3 is 0 Å². The number of likely N-dealkylation sites (N-methyl/N-ethyl adjacent to an activating group) is 2. The van der Waals surface area contributed by atoms with Gasteiger partial charge in [-0.3, -0.25) is 0 Å². The van der Waals surface area contributed by atoms with Crippen LogP contribution in [-0.4, -0.2) is 54.2 Å². The molecule has 0 heterocycles. The molecule has 1 rings (SSSR count). The minimum atomic E-state index is 0.0946. The van der Waals surface area contributed by atoms with Gasteiger partial charge in [0.2, 0.25) is 0 Å². The maximum Gasteiger partial charge on any atom is 0.123 e. The highest BCUT2D eigenvalue weighted by Crippen LogP contribution is 2.23. The molecule has 0 aliphatic carbocycles. The monoisotopic (exact) mass is 224 g/mol. The zero-order valence-electron chi connectivity index (χ0n) is 10.1. The highest BCUT2D eigenvalue weighted by molar-refractivity contribution is 5.38. The van der Waals surface area contributed by atoms with E-state index in [9.17, 15) is 5.11 Å². The Labute approximate surface area is 96.7 Å². The SMILES string of the molecule is CN(C)CCN(C)Cc1ccc(O)cc1O. The van der Waals surface area contributed by atoms with Gasteiger partial charge in [-0.05, 0) is 27.2 Å². The van der Waals surface area contributed by atoms with E-state index in [1.54, 1.807) is 12.1 Å². The standard InChI is InChI=1S/C12H20N2O2/c1-13(2)6-7-14(3)9-10-4-5-11(15)8-12(10)16/h4-5,8,15-16H,6-7,9H2,1-3H3. The lowest BCUT2D eigenvalue weighted by Gasteiger charge is -2.19. The molecule has 2 N–H and O–H groups in total. The van der Waals surface area contributed by atoms with Crippen LogP contribution in [0, 0.1) is 0 Å². The lowest BCUT2D eigenvalue weighted by molar-refractivity contribution is 0.273. The Hall–Kier alpha value is -1.26. The third-order valence-corrected chi connectivity index (χ3v) is 2.44. The van der Waals surface area contributed by atoms with Crippen LogP contribution in [0.4, 0.5) is 0 Å². The number of rotatable bonds is 5. The minimum absolute atomic E-state index is 0.0946. The van der Waals surface area contributed by atoms with Crippen molar-refractivity contribution in [1.29, 1.82) is 0 Å². The topological polar surface area (TPSA) is 46.9 Å². The summed E-state index contributed by atoms with van der Waals surface area (Å²) in [5.74, 6) is 0.244. The Morgan fingerprint density at radius 1 is 1.06 bits per heavy atom. The molecule has 0 atom stereocenters. The molecule has 16 heavy (non-hydrogen) atoms. The van der Waals surface area contributed by atoms with E-state index in [1.165, 1.54) is 6.07 Å². The number of aromatic hydroxyl groups is 2. The number of phenols is 2. The molecule has 0 fully saturated rings. The zero-order valence-corrected chi connectivity index (χ0v) is 10.1. The Bertz CT molecular complexity index is 340. The first-order chi connectivity index (χ1) is 7.49. The van der Waals surface area contributed by atoms with Crippen molar-refractivity contribution in [2.24, 2.45) is 0 Å². The smallest absolute Gasteiger partial charge is 0.123 e. The van der Waals surface area contributed by atoms with Crippen LogP contribution in [0.15, 0.2) is 18.2 Å². The summed E-state index contributed by atoms with van der Waals surface area (Å²) in [6.45, 7) is 2.60. The number of hydrogen-bond acceptors (Lipinski definition) is 4. The molecule has 90 valence electrons. The Morgan fingerprint density at radius 2 is 1.75 bits per heavy atom. The van der Waals surface area contributed by atoms with Gasteiger partial charge in [-0.15, -0.1) is 0 Å². The highest BCUT2D eigenvalue weighted by Gasteiger charge is 2.06. The predicted octanol–water partition coefficient (Wildman–Crippen LogP) is 1.09. The summed E-state index contributed by atoms with van der Waals surface area (Å²) in [5, 5.41) is 18.8. The van der Waals surface area contributed by atoms with Gasteiger partial charge in [-0.2, -0.15) is 0 Å². The third-order valence-electron chi connectivity index (χ3n) is 2.44. The van der Waals surface area contributed by atoms with Gasteiger partial charge in [-0.25, -0.2) is 0 Å². The number of hydrogen-bond donors (Lipinski definition) is 2. The third kappa shape index (κ3) is 4.08. The van der Waals surface area contributed by atoms with Gasteiger partial charge in [0, 0.05) is 31.3 Å². The Balaban J connectivity index is 2.52. The van der Waals surface area contributed by atoms with Crippen molar-refractivity contribution in [2.45, 2.75) is 6.54 Å². The first kappa shape index (κ1) is 12.8. The van der Waals surface area contributed by atoms with Crippen molar-refractivity contribution < 1.29 is 10.2 Å². The van der Waals surface area contributed by atoms with E-state index in [0.717, 1.165) is 18.7 Å². The molecule has 0 aliphatic heterocycles. The predicted molar refractivity (Wildman–Crippen MR) is 64.7 cm³/mol. The van der Waals surface area contributed by atoms with Crippen molar-refractivity contribution >= 4 is 0 Å². The van der Waals surface area contributed by atoms with Crippen LogP contribution in [0.2, 0.25) is 0 Å². The summed E-state index contributed by atoms with van der Waals surface area (Å²) in [7, 11) is 6.08. The van der Waals surface area contributed by atoms with Crippen LogP contribution in [0.3, 0.4) is 0 Å². The van der Waals surface area contributed by atoms with Crippen LogP contribution < -0.4 is 0 Å². The van der Waals surface area contributed by atoms with Crippen LogP contribution in [0.1, 0.15) is 5.56 Å². The molecule has 0 aromatic heterocycles. The van der Waals surface area contributed by atoms with E-state index < -0.39 is 0 Å². The molecule has 1 aromatic rings. The fourth-order valence-electron chi connectivity index (χ4n) is 1.43. The fourth-order valence-corrected chi connectivity index (χ4v) is 1.43. The first-order valence-electron chi connectivity index (χ1n) is 5.33. The van der Waals surface area contributed by atoms with Crippen molar-refractivity contribution in [1.82, 2.24) is 9.80 Å². The van der Waals surface area contributed by atoms with E-state index in [-0.39, 0.29) is 11.5 Å². The second-order valence-electron chi connectivity index (χ2n) is 4.35. The molecule has 0 radical (unpaired) electrons. The average molecular weight is 224 g/mol. The van der Waals surface area contributed by atoms with Gasteiger partial charge in [-0.1, -0.05) is 6.07 Å². The van der Waals surface area contributed by atoms with E-state index in [2.05, 4.69) is 9.80 Å². The molecule has 0 saturated heterocycles. The molecule has 0 unspecified atom stereocenters. The molecular weight excluding hydrogens is 204 g/mol. The lowest BCUT2D eigenvalue weighted by Crippen LogP contribution is -2.28. The molecule has 0 spiro atoms. The fraction of sp³-hybridized carbons (Fsp3) is 0.500. The molecule has 0 bridgehead atoms. The summed E-state index contributed by atoms with van der Waals surface area (Å²) >= 11 is 0. The van der Waals surface area contributed by atoms with E-state index in [1.807, 2.05) is 21.1 Å². The summed E-state index contributed by atoms with van der Waals surface area (Å²) < 4.78 is 0. The Morgan fingerprint density at radius 3 is 2.31 bits per heavy atom. The molecule has 0 saturated carbocycles. The molecular formula is C12H20N2O2. The van der Waals surface area contributed by atoms with Crippen molar-refractivity contribution in [2.75, 3.05) is 34.2 Å². The quantitative estimate of drug-likeness (QED) is 0.786. The van der Waals surface area contributed by atoms with Gasteiger partial charge in [0.25, 0.3) is 0 Å².